The molecule has 0 bridgehead atoms. The van der Waals surface area contributed by atoms with Crippen molar-refractivity contribution in [2.24, 2.45) is 0 Å². The van der Waals surface area contributed by atoms with E-state index in [1.54, 1.807) is 6.08 Å². The molecule has 4 heteroatoms. The van der Waals surface area contributed by atoms with Gasteiger partial charge in [0.2, 0.25) is 0 Å². The van der Waals surface area contributed by atoms with Crippen molar-refractivity contribution in [3.05, 3.63) is 35.9 Å². The second-order valence-electron chi connectivity index (χ2n) is 5.56. The zero-order chi connectivity index (χ0) is 16.0. The van der Waals surface area contributed by atoms with Crippen molar-refractivity contribution in [2.45, 2.75) is 58.3 Å². The standard InChI is InChI=1S/C19H28O3.ClH/c1-2-3-4-5-6-7-8-9-16-22-18-13-10-17(11-14-18)12-15-19(20)21;/h10-15H,2-9,16H2,1H3,(H,20,21);1H. The quantitative estimate of drug-likeness (QED) is 0.390. The van der Waals surface area contributed by atoms with Crippen LogP contribution < -0.4 is 4.74 Å². The van der Waals surface area contributed by atoms with E-state index in [0.29, 0.717) is 0 Å². The summed E-state index contributed by atoms with van der Waals surface area (Å²) in [6.07, 6.45) is 13.1. The molecule has 0 unspecified atom stereocenters. The van der Waals surface area contributed by atoms with Gasteiger partial charge in [-0.2, -0.15) is 0 Å². The summed E-state index contributed by atoms with van der Waals surface area (Å²) in [5.74, 6) is -0.0922. The predicted octanol–water partition coefficient (Wildman–Crippen LogP) is 5.73. The maximum absolute atomic E-state index is 10.4. The average Bonchev–Trinajstić information content (AvgIpc) is 2.52. The summed E-state index contributed by atoms with van der Waals surface area (Å²) in [5.41, 5.74) is 0.863. The maximum atomic E-state index is 10.4. The lowest BCUT2D eigenvalue weighted by Crippen LogP contribution is -1.97. The van der Waals surface area contributed by atoms with Gasteiger partial charge in [0, 0.05) is 6.08 Å². The first-order chi connectivity index (χ1) is 10.7. The van der Waals surface area contributed by atoms with Crippen LogP contribution in [0.4, 0.5) is 0 Å². The maximum Gasteiger partial charge on any atom is 0.328 e. The van der Waals surface area contributed by atoms with Gasteiger partial charge in [0.25, 0.3) is 0 Å². The number of hydrogen-bond acceptors (Lipinski definition) is 2. The number of rotatable bonds is 12. The third kappa shape index (κ3) is 11.7. The van der Waals surface area contributed by atoms with Crippen LogP contribution in [-0.2, 0) is 4.79 Å². The van der Waals surface area contributed by atoms with Crippen LogP contribution in [0.3, 0.4) is 0 Å². The summed E-state index contributed by atoms with van der Waals surface area (Å²) in [6.45, 7) is 2.99. The van der Waals surface area contributed by atoms with E-state index in [1.807, 2.05) is 24.3 Å². The fraction of sp³-hybridized carbons (Fsp3) is 0.526. The molecule has 1 N–H and O–H groups in total. The Morgan fingerprint density at radius 2 is 1.57 bits per heavy atom. The number of ether oxygens (including phenoxy) is 1. The molecular formula is C19H29ClO3. The fourth-order valence-corrected chi connectivity index (χ4v) is 2.27. The molecule has 0 saturated heterocycles. The number of carboxylic acid groups (broad SMARTS) is 1. The Kier molecular flexibility index (Phi) is 13.2. The lowest BCUT2D eigenvalue weighted by Gasteiger charge is -2.06. The molecule has 0 saturated carbocycles. The van der Waals surface area contributed by atoms with E-state index in [1.165, 1.54) is 44.9 Å². The van der Waals surface area contributed by atoms with Crippen LogP contribution in [-0.4, -0.2) is 17.7 Å². The summed E-state index contributed by atoms with van der Waals surface area (Å²) in [5, 5.41) is 8.57. The summed E-state index contributed by atoms with van der Waals surface area (Å²) < 4.78 is 5.69. The Hall–Kier alpha value is -1.48. The van der Waals surface area contributed by atoms with Crippen molar-refractivity contribution in [3.8, 4) is 5.75 Å². The third-order valence-corrected chi connectivity index (χ3v) is 3.57. The lowest BCUT2D eigenvalue weighted by molar-refractivity contribution is -0.131. The number of hydrogen-bond donors (Lipinski definition) is 1. The van der Waals surface area contributed by atoms with Crippen LogP contribution in [0.15, 0.2) is 30.3 Å². The van der Waals surface area contributed by atoms with Crippen molar-refractivity contribution in [2.75, 3.05) is 6.61 Å². The number of aliphatic carboxylic acids is 1. The van der Waals surface area contributed by atoms with Crippen LogP contribution in [0.1, 0.15) is 63.9 Å². The molecule has 0 amide bonds. The van der Waals surface area contributed by atoms with E-state index in [9.17, 15) is 4.79 Å². The smallest absolute Gasteiger partial charge is 0.328 e. The molecule has 130 valence electrons. The van der Waals surface area contributed by atoms with Crippen LogP contribution in [0.5, 0.6) is 5.75 Å². The van der Waals surface area contributed by atoms with Gasteiger partial charge in [-0.15, -0.1) is 12.4 Å². The number of halogens is 1. The van der Waals surface area contributed by atoms with Crippen molar-refractivity contribution in [3.63, 3.8) is 0 Å². The average molecular weight is 341 g/mol. The molecule has 0 atom stereocenters. The zero-order valence-electron chi connectivity index (χ0n) is 14.0. The number of benzene rings is 1. The van der Waals surface area contributed by atoms with Crippen molar-refractivity contribution in [1.29, 1.82) is 0 Å². The van der Waals surface area contributed by atoms with Gasteiger partial charge in [0.1, 0.15) is 5.75 Å². The molecule has 0 aromatic heterocycles. The highest BCUT2D eigenvalue weighted by atomic mass is 35.5. The lowest BCUT2D eigenvalue weighted by atomic mass is 10.1. The van der Waals surface area contributed by atoms with Crippen LogP contribution >= 0.6 is 12.4 Å². The van der Waals surface area contributed by atoms with E-state index >= 15 is 0 Å². The summed E-state index contributed by atoms with van der Waals surface area (Å²) in [6, 6.07) is 7.49. The Balaban J connectivity index is 0.00000484. The highest BCUT2D eigenvalue weighted by Crippen LogP contribution is 2.14. The molecular weight excluding hydrogens is 312 g/mol. The Labute approximate surface area is 146 Å². The minimum Gasteiger partial charge on any atom is -0.494 e. The largest absolute Gasteiger partial charge is 0.494 e. The molecule has 1 aromatic carbocycles. The molecule has 0 aliphatic heterocycles. The van der Waals surface area contributed by atoms with E-state index in [0.717, 1.165) is 30.4 Å². The van der Waals surface area contributed by atoms with E-state index < -0.39 is 5.97 Å². The van der Waals surface area contributed by atoms with Gasteiger partial charge in [-0.3, -0.25) is 0 Å². The van der Waals surface area contributed by atoms with Gasteiger partial charge >= 0.3 is 5.97 Å². The molecule has 0 radical (unpaired) electrons. The third-order valence-electron chi connectivity index (χ3n) is 3.57. The zero-order valence-corrected chi connectivity index (χ0v) is 14.8. The van der Waals surface area contributed by atoms with E-state index in [2.05, 4.69) is 6.92 Å². The predicted molar refractivity (Wildman–Crippen MR) is 98.5 cm³/mol. The monoisotopic (exact) mass is 340 g/mol. The minimum absolute atomic E-state index is 0. The second-order valence-corrected chi connectivity index (χ2v) is 5.56. The van der Waals surface area contributed by atoms with Crippen molar-refractivity contribution in [1.82, 2.24) is 0 Å². The first kappa shape index (κ1) is 21.5. The van der Waals surface area contributed by atoms with Gasteiger partial charge < -0.3 is 9.84 Å². The number of carbonyl (C=O) groups is 1. The molecule has 0 fully saturated rings. The molecule has 1 rings (SSSR count). The topological polar surface area (TPSA) is 46.5 Å². The molecule has 1 aromatic rings. The molecule has 0 heterocycles. The Morgan fingerprint density at radius 1 is 1.00 bits per heavy atom. The Morgan fingerprint density at radius 3 is 2.13 bits per heavy atom. The number of unbranched alkanes of at least 4 members (excludes halogenated alkanes) is 7. The SMILES string of the molecule is CCCCCCCCCCOc1ccc(C=CC(=O)O)cc1.Cl. The van der Waals surface area contributed by atoms with Crippen molar-refractivity contribution < 1.29 is 14.6 Å². The highest BCUT2D eigenvalue weighted by Gasteiger charge is 1.96. The Bertz CT molecular complexity index is 440. The normalized spacial score (nSPS) is 10.5. The summed E-state index contributed by atoms with van der Waals surface area (Å²) in [7, 11) is 0. The number of carboxylic acids is 1. The van der Waals surface area contributed by atoms with Gasteiger partial charge in [0.15, 0.2) is 0 Å². The van der Waals surface area contributed by atoms with Gasteiger partial charge in [-0.25, -0.2) is 4.79 Å². The molecule has 0 spiro atoms. The highest BCUT2D eigenvalue weighted by molar-refractivity contribution is 5.85. The van der Waals surface area contributed by atoms with Gasteiger partial charge in [-0.1, -0.05) is 64.0 Å². The summed E-state index contributed by atoms with van der Waals surface area (Å²) >= 11 is 0. The first-order valence-corrected chi connectivity index (χ1v) is 8.36. The van der Waals surface area contributed by atoms with Crippen LogP contribution in [0.2, 0.25) is 0 Å². The van der Waals surface area contributed by atoms with Crippen molar-refractivity contribution >= 4 is 24.5 Å². The van der Waals surface area contributed by atoms with E-state index in [4.69, 9.17) is 9.84 Å². The second kappa shape index (κ2) is 14.1. The van der Waals surface area contributed by atoms with Gasteiger partial charge in [-0.05, 0) is 30.2 Å². The molecule has 0 aliphatic carbocycles. The molecule has 3 nitrogen and oxygen atoms in total. The fourth-order valence-electron chi connectivity index (χ4n) is 2.27. The van der Waals surface area contributed by atoms with Crippen LogP contribution in [0.25, 0.3) is 6.08 Å². The summed E-state index contributed by atoms with van der Waals surface area (Å²) in [4.78, 5) is 10.4. The minimum atomic E-state index is -0.935. The van der Waals surface area contributed by atoms with Gasteiger partial charge in [0.05, 0.1) is 6.61 Å². The van der Waals surface area contributed by atoms with Crippen LogP contribution in [0, 0.1) is 0 Å². The molecule has 0 aliphatic rings. The molecule has 23 heavy (non-hydrogen) atoms. The van der Waals surface area contributed by atoms with E-state index in [-0.39, 0.29) is 12.4 Å². The first-order valence-electron chi connectivity index (χ1n) is 8.36.